The molecule has 1 fully saturated rings. The van der Waals surface area contributed by atoms with Gasteiger partial charge in [0.15, 0.2) is 0 Å². The number of hydrogen-bond donors (Lipinski definition) is 0. The second-order valence-electron chi connectivity index (χ2n) is 3.71. The lowest BCUT2D eigenvalue weighted by molar-refractivity contribution is -0.132. The van der Waals surface area contributed by atoms with Crippen molar-refractivity contribution in [2.75, 3.05) is 26.7 Å². The molecule has 1 aromatic rings. The number of amides is 1. The van der Waals surface area contributed by atoms with Gasteiger partial charge in [-0.3, -0.25) is 4.79 Å². The Morgan fingerprint density at radius 3 is 2.65 bits per heavy atom. The maximum atomic E-state index is 12.3. The third-order valence-corrected chi connectivity index (χ3v) is 7.07. The van der Waals surface area contributed by atoms with Crippen LogP contribution < -0.4 is 0 Å². The van der Waals surface area contributed by atoms with Crippen LogP contribution in [0.15, 0.2) is 20.1 Å². The van der Waals surface area contributed by atoms with Gasteiger partial charge in [-0.1, -0.05) is 0 Å². The Kier molecular flexibility index (Phi) is 3.58. The fourth-order valence-corrected chi connectivity index (χ4v) is 5.35. The van der Waals surface area contributed by atoms with Crippen LogP contribution >= 0.6 is 27.3 Å². The number of nitrogens with zero attached hydrogens (tertiary/aromatic N) is 2. The monoisotopic (exact) mass is 338 g/mol. The standard InChI is InChI=1S/C9H11BrN2O3S2/c1-11-3-4-12(6-8(11)13)17(14,15)9-7(10)2-5-16-9/h2,5H,3-4,6H2,1H3. The molecule has 94 valence electrons. The first-order chi connectivity index (χ1) is 7.93. The van der Waals surface area contributed by atoms with Crippen LogP contribution in [0.3, 0.4) is 0 Å². The minimum Gasteiger partial charge on any atom is -0.343 e. The summed E-state index contributed by atoms with van der Waals surface area (Å²) < 4.78 is 26.6. The number of hydrogen-bond acceptors (Lipinski definition) is 4. The molecule has 5 nitrogen and oxygen atoms in total. The molecule has 0 N–H and O–H groups in total. The Balaban J connectivity index is 2.29. The van der Waals surface area contributed by atoms with Crippen molar-refractivity contribution in [2.45, 2.75) is 4.21 Å². The minimum absolute atomic E-state index is 0.0802. The Hall–Kier alpha value is -0.440. The minimum atomic E-state index is -3.55. The highest BCUT2D eigenvalue weighted by Gasteiger charge is 2.33. The molecule has 0 aliphatic carbocycles. The molecular weight excluding hydrogens is 328 g/mol. The lowest BCUT2D eigenvalue weighted by atomic mass is 10.4. The van der Waals surface area contributed by atoms with Crippen molar-refractivity contribution in [2.24, 2.45) is 0 Å². The molecule has 1 saturated heterocycles. The third kappa shape index (κ3) is 2.40. The van der Waals surface area contributed by atoms with Crippen molar-refractivity contribution >= 4 is 43.2 Å². The Morgan fingerprint density at radius 1 is 1.41 bits per heavy atom. The van der Waals surface area contributed by atoms with E-state index in [1.54, 1.807) is 18.5 Å². The van der Waals surface area contributed by atoms with Crippen molar-refractivity contribution in [3.05, 3.63) is 15.9 Å². The van der Waals surface area contributed by atoms with Gasteiger partial charge >= 0.3 is 0 Å². The summed E-state index contributed by atoms with van der Waals surface area (Å²) in [6.07, 6.45) is 0. The van der Waals surface area contributed by atoms with E-state index in [0.717, 1.165) is 11.3 Å². The number of rotatable bonds is 2. The number of likely N-dealkylation sites (N-methyl/N-ethyl adjacent to an activating group) is 1. The van der Waals surface area contributed by atoms with Crippen molar-refractivity contribution in [1.82, 2.24) is 9.21 Å². The average Bonchev–Trinajstić information content (AvgIpc) is 2.69. The zero-order chi connectivity index (χ0) is 12.6. The normalized spacial score (nSPS) is 18.7. The number of halogens is 1. The van der Waals surface area contributed by atoms with Crippen molar-refractivity contribution in [1.29, 1.82) is 0 Å². The topological polar surface area (TPSA) is 57.7 Å². The van der Waals surface area contributed by atoms with Gasteiger partial charge in [0.1, 0.15) is 4.21 Å². The largest absolute Gasteiger partial charge is 0.343 e. The molecule has 0 atom stereocenters. The van der Waals surface area contributed by atoms with Crippen molar-refractivity contribution in [3.8, 4) is 0 Å². The lowest BCUT2D eigenvalue weighted by Gasteiger charge is -2.30. The van der Waals surface area contributed by atoms with Gasteiger partial charge in [0.2, 0.25) is 5.91 Å². The summed E-state index contributed by atoms with van der Waals surface area (Å²) in [6, 6.07) is 1.69. The maximum Gasteiger partial charge on any atom is 0.254 e. The van der Waals surface area contributed by atoms with Gasteiger partial charge in [-0.05, 0) is 27.4 Å². The van der Waals surface area contributed by atoms with Gasteiger partial charge < -0.3 is 4.90 Å². The summed E-state index contributed by atoms with van der Waals surface area (Å²) in [5.41, 5.74) is 0. The molecule has 0 spiro atoms. The van der Waals surface area contributed by atoms with Crippen LogP contribution in [-0.4, -0.2) is 50.2 Å². The summed E-state index contributed by atoms with van der Waals surface area (Å²) >= 11 is 4.36. The smallest absolute Gasteiger partial charge is 0.254 e. The van der Waals surface area contributed by atoms with Crippen LogP contribution in [0.1, 0.15) is 0 Å². The van der Waals surface area contributed by atoms with E-state index in [0.29, 0.717) is 17.6 Å². The van der Waals surface area contributed by atoms with E-state index < -0.39 is 10.0 Å². The Morgan fingerprint density at radius 2 is 2.12 bits per heavy atom. The zero-order valence-electron chi connectivity index (χ0n) is 9.09. The number of piperazine rings is 1. The molecule has 0 saturated carbocycles. The molecule has 2 rings (SSSR count). The first kappa shape index (κ1) is 13.0. The number of carbonyl (C=O) groups is 1. The van der Waals surface area contributed by atoms with Crippen LogP contribution in [0.4, 0.5) is 0 Å². The molecule has 1 aliphatic heterocycles. The number of carbonyl (C=O) groups excluding carboxylic acids is 1. The van der Waals surface area contributed by atoms with E-state index in [2.05, 4.69) is 15.9 Å². The summed E-state index contributed by atoms with van der Waals surface area (Å²) in [5.74, 6) is -0.174. The van der Waals surface area contributed by atoms with E-state index in [1.807, 2.05) is 0 Å². The molecule has 1 aromatic heterocycles. The molecular formula is C9H11BrN2O3S2. The highest BCUT2D eigenvalue weighted by atomic mass is 79.9. The van der Waals surface area contributed by atoms with E-state index in [4.69, 9.17) is 0 Å². The summed E-state index contributed by atoms with van der Waals surface area (Å²) in [5, 5.41) is 1.70. The average molecular weight is 339 g/mol. The molecule has 8 heteroatoms. The van der Waals surface area contributed by atoms with Crippen LogP contribution in [0.2, 0.25) is 0 Å². The van der Waals surface area contributed by atoms with E-state index >= 15 is 0 Å². The van der Waals surface area contributed by atoms with Crippen molar-refractivity contribution < 1.29 is 13.2 Å². The van der Waals surface area contributed by atoms with Crippen LogP contribution in [0, 0.1) is 0 Å². The van der Waals surface area contributed by atoms with Gasteiger partial charge in [-0.15, -0.1) is 11.3 Å². The molecule has 1 aliphatic rings. The van der Waals surface area contributed by atoms with Gasteiger partial charge in [0, 0.05) is 24.6 Å². The first-order valence-electron chi connectivity index (χ1n) is 4.90. The molecule has 1 amide bonds. The molecule has 2 heterocycles. The zero-order valence-corrected chi connectivity index (χ0v) is 12.3. The number of thiophene rings is 1. The second kappa shape index (κ2) is 4.68. The first-order valence-corrected chi connectivity index (χ1v) is 8.01. The summed E-state index contributed by atoms with van der Waals surface area (Å²) in [7, 11) is -1.87. The van der Waals surface area contributed by atoms with Crippen molar-refractivity contribution in [3.63, 3.8) is 0 Å². The fraction of sp³-hybridized carbons (Fsp3) is 0.444. The third-order valence-electron chi connectivity index (χ3n) is 2.58. The van der Waals surface area contributed by atoms with Crippen LogP contribution in [0.5, 0.6) is 0 Å². The summed E-state index contributed by atoms with van der Waals surface area (Å²) in [4.78, 5) is 13.1. The van der Waals surface area contributed by atoms with Gasteiger partial charge in [0.25, 0.3) is 10.0 Å². The van der Waals surface area contributed by atoms with Crippen LogP contribution in [0.25, 0.3) is 0 Å². The molecule has 17 heavy (non-hydrogen) atoms. The SMILES string of the molecule is CN1CCN(S(=O)(=O)c2sccc2Br)CC1=O. The second-order valence-corrected chi connectivity index (χ2v) is 7.61. The predicted molar refractivity (Wildman–Crippen MR) is 68.4 cm³/mol. The lowest BCUT2D eigenvalue weighted by Crippen LogP contribution is -2.50. The molecule has 0 aromatic carbocycles. The van der Waals surface area contributed by atoms with Gasteiger partial charge in [0.05, 0.1) is 6.54 Å². The quantitative estimate of drug-likeness (QED) is 0.807. The maximum absolute atomic E-state index is 12.3. The highest BCUT2D eigenvalue weighted by molar-refractivity contribution is 9.10. The van der Waals surface area contributed by atoms with E-state index in [1.165, 1.54) is 9.21 Å². The predicted octanol–water partition coefficient (Wildman–Crippen LogP) is 0.973. The highest BCUT2D eigenvalue weighted by Crippen LogP contribution is 2.30. The Labute approximate surface area is 112 Å². The molecule has 0 radical (unpaired) electrons. The van der Waals surface area contributed by atoms with Crippen LogP contribution in [-0.2, 0) is 14.8 Å². The Bertz CT molecular complexity index is 540. The molecule has 0 unspecified atom stereocenters. The number of sulfonamides is 1. The molecule has 0 bridgehead atoms. The summed E-state index contributed by atoms with van der Waals surface area (Å²) in [6.45, 7) is 0.694. The van der Waals surface area contributed by atoms with Gasteiger partial charge in [-0.2, -0.15) is 4.31 Å². The van der Waals surface area contributed by atoms with E-state index in [9.17, 15) is 13.2 Å². The fourth-order valence-electron chi connectivity index (χ4n) is 1.52. The van der Waals surface area contributed by atoms with Gasteiger partial charge in [-0.25, -0.2) is 8.42 Å². The van der Waals surface area contributed by atoms with E-state index in [-0.39, 0.29) is 16.7 Å².